The molecule has 0 unspecified atom stereocenters. The number of methoxy groups -OCH3 is 1. The third-order valence-corrected chi connectivity index (χ3v) is 3.36. The first-order valence-corrected chi connectivity index (χ1v) is 7.88. The number of halogens is 1. The molecule has 0 aliphatic carbocycles. The number of hydrogen-bond acceptors (Lipinski definition) is 3. The van der Waals surface area contributed by atoms with E-state index in [2.05, 4.69) is 39.8 Å². The molecule has 0 radical (unpaired) electrons. The molecule has 132 valence electrons. The molecule has 0 aliphatic heterocycles. The van der Waals surface area contributed by atoms with Crippen LogP contribution >= 0.6 is 24.0 Å². The molecule has 1 aromatic carbocycles. The number of rotatable bonds is 8. The van der Waals surface area contributed by atoms with Crippen LogP contribution in [0.1, 0.15) is 18.1 Å². The van der Waals surface area contributed by atoms with Crippen molar-refractivity contribution in [3.05, 3.63) is 53.9 Å². The molecule has 2 aromatic rings. The fourth-order valence-electron chi connectivity index (χ4n) is 2.21. The third-order valence-electron chi connectivity index (χ3n) is 3.36. The van der Waals surface area contributed by atoms with Gasteiger partial charge in [-0.15, -0.1) is 24.0 Å². The second-order valence-electron chi connectivity index (χ2n) is 5.09. The summed E-state index contributed by atoms with van der Waals surface area (Å²) < 4.78 is 6.98. The number of aromatic nitrogens is 2. The molecular weight excluding hydrogens is 417 g/mol. The first-order valence-electron chi connectivity index (χ1n) is 7.88. The van der Waals surface area contributed by atoms with Crippen molar-refractivity contribution in [3.63, 3.8) is 0 Å². The van der Waals surface area contributed by atoms with Crippen molar-refractivity contribution in [1.29, 1.82) is 0 Å². The van der Waals surface area contributed by atoms with E-state index in [9.17, 15) is 0 Å². The van der Waals surface area contributed by atoms with Crippen LogP contribution in [0.2, 0.25) is 0 Å². The highest BCUT2D eigenvalue weighted by Crippen LogP contribution is 2.11. The van der Waals surface area contributed by atoms with Gasteiger partial charge in [-0.2, -0.15) is 5.10 Å². The lowest BCUT2D eigenvalue weighted by atomic mass is 10.1. The summed E-state index contributed by atoms with van der Waals surface area (Å²) in [4.78, 5) is 4.65. The highest BCUT2D eigenvalue weighted by atomic mass is 127. The molecule has 0 amide bonds. The first kappa shape index (κ1) is 20.4. The Morgan fingerprint density at radius 1 is 1.21 bits per heavy atom. The van der Waals surface area contributed by atoms with Gasteiger partial charge in [0.05, 0.1) is 19.7 Å². The molecule has 0 aliphatic rings. The van der Waals surface area contributed by atoms with Gasteiger partial charge in [-0.3, -0.25) is 4.68 Å². The number of benzene rings is 1. The molecule has 0 fully saturated rings. The van der Waals surface area contributed by atoms with Crippen molar-refractivity contribution < 1.29 is 4.74 Å². The van der Waals surface area contributed by atoms with Gasteiger partial charge in [0.2, 0.25) is 0 Å². The smallest absolute Gasteiger partial charge is 0.191 e. The summed E-state index contributed by atoms with van der Waals surface area (Å²) in [5.41, 5.74) is 2.43. The molecule has 2 N–H and O–H groups in total. The highest BCUT2D eigenvalue weighted by Gasteiger charge is 2.03. The average molecular weight is 443 g/mol. The van der Waals surface area contributed by atoms with Crippen molar-refractivity contribution in [2.45, 2.75) is 20.0 Å². The summed E-state index contributed by atoms with van der Waals surface area (Å²) in [6.07, 6.45) is 3.76. The summed E-state index contributed by atoms with van der Waals surface area (Å²) in [6.45, 7) is 5.65. The zero-order valence-corrected chi connectivity index (χ0v) is 16.6. The average Bonchev–Trinajstić information content (AvgIpc) is 3.07. The maximum atomic E-state index is 5.06. The number of hydrogen-bond donors (Lipinski definition) is 2. The molecule has 6 nitrogen and oxygen atoms in total. The van der Waals surface area contributed by atoms with E-state index in [-0.39, 0.29) is 24.0 Å². The Morgan fingerprint density at radius 3 is 2.67 bits per heavy atom. The quantitative estimate of drug-likeness (QED) is 0.285. The number of ether oxygens (including phenoxy) is 1. The van der Waals surface area contributed by atoms with Crippen LogP contribution in [0.5, 0.6) is 0 Å². The van der Waals surface area contributed by atoms with Crippen LogP contribution in [-0.4, -0.2) is 42.5 Å². The lowest BCUT2D eigenvalue weighted by Crippen LogP contribution is -2.38. The third kappa shape index (κ3) is 6.88. The second kappa shape index (κ2) is 11.9. The van der Waals surface area contributed by atoms with E-state index in [1.165, 1.54) is 11.1 Å². The van der Waals surface area contributed by atoms with Gasteiger partial charge >= 0.3 is 0 Å². The molecule has 0 spiro atoms. The monoisotopic (exact) mass is 443 g/mol. The zero-order chi connectivity index (χ0) is 16.3. The molecule has 0 saturated heterocycles. The standard InChI is InChI=1S/C17H25N5O.HI/c1-3-18-17(19-10-12-23-2)20-13-15-7-4-5-8-16(15)14-22-11-6-9-21-22;/h4-9,11H,3,10,12-14H2,1-2H3,(H2,18,19,20);1H. The predicted octanol–water partition coefficient (Wildman–Crippen LogP) is 2.25. The topological polar surface area (TPSA) is 63.5 Å². The maximum Gasteiger partial charge on any atom is 0.191 e. The van der Waals surface area contributed by atoms with E-state index in [1.807, 2.05) is 29.1 Å². The molecular formula is C17H26IN5O. The van der Waals surface area contributed by atoms with Gasteiger partial charge < -0.3 is 15.4 Å². The fourth-order valence-corrected chi connectivity index (χ4v) is 2.21. The molecule has 1 heterocycles. The van der Waals surface area contributed by atoms with Gasteiger partial charge in [-0.1, -0.05) is 24.3 Å². The van der Waals surface area contributed by atoms with E-state index >= 15 is 0 Å². The predicted molar refractivity (Wildman–Crippen MR) is 108 cm³/mol. The molecule has 2 rings (SSSR count). The first-order chi connectivity index (χ1) is 11.3. The van der Waals surface area contributed by atoms with Crippen LogP contribution in [-0.2, 0) is 17.8 Å². The summed E-state index contributed by atoms with van der Waals surface area (Å²) >= 11 is 0. The minimum atomic E-state index is 0. The largest absolute Gasteiger partial charge is 0.383 e. The molecule has 0 saturated carbocycles. The SMILES string of the molecule is CCNC(=NCc1ccccc1Cn1cccn1)NCCOC.I. The number of guanidine groups is 1. The molecule has 1 aromatic heterocycles. The molecule has 24 heavy (non-hydrogen) atoms. The van der Waals surface area contributed by atoms with Crippen LogP contribution in [0.3, 0.4) is 0 Å². The van der Waals surface area contributed by atoms with Crippen LogP contribution in [0.15, 0.2) is 47.7 Å². The minimum Gasteiger partial charge on any atom is -0.383 e. The lowest BCUT2D eigenvalue weighted by molar-refractivity contribution is 0.203. The van der Waals surface area contributed by atoms with Crippen molar-refractivity contribution in [3.8, 4) is 0 Å². The normalized spacial score (nSPS) is 11.0. The van der Waals surface area contributed by atoms with Crippen LogP contribution < -0.4 is 10.6 Å². The summed E-state index contributed by atoms with van der Waals surface area (Å²) in [7, 11) is 1.69. The van der Waals surface area contributed by atoms with Gasteiger partial charge in [0.25, 0.3) is 0 Å². The van der Waals surface area contributed by atoms with Crippen molar-refractivity contribution in [1.82, 2.24) is 20.4 Å². The second-order valence-corrected chi connectivity index (χ2v) is 5.09. The Bertz CT molecular complexity index is 601. The van der Waals surface area contributed by atoms with Crippen LogP contribution in [0.4, 0.5) is 0 Å². The maximum absolute atomic E-state index is 5.06. The van der Waals surface area contributed by atoms with Gasteiger partial charge in [0, 0.05) is 32.6 Å². The Labute approximate surface area is 160 Å². The summed E-state index contributed by atoms with van der Waals surface area (Å²) in [5, 5.41) is 10.8. The summed E-state index contributed by atoms with van der Waals surface area (Å²) in [6, 6.07) is 10.3. The van der Waals surface area contributed by atoms with Gasteiger partial charge in [0.1, 0.15) is 0 Å². The summed E-state index contributed by atoms with van der Waals surface area (Å²) in [5.74, 6) is 0.804. The van der Waals surface area contributed by atoms with Crippen molar-refractivity contribution >= 4 is 29.9 Å². The van der Waals surface area contributed by atoms with Gasteiger partial charge in [-0.05, 0) is 24.1 Å². The molecule has 0 atom stereocenters. The lowest BCUT2D eigenvalue weighted by Gasteiger charge is -2.12. The van der Waals surface area contributed by atoms with Gasteiger partial charge in [0.15, 0.2) is 5.96 Å². The highest BCUT2D eigenvalue weighted by molar-refractivity contribution is 14.0. The Kier molecular flexibility index (Phi) is 10.1. The van der Waals surface area contributed by atoms with Crippen molar-refractivity contribution in [2.24, 2.45) is 4.99 Å². The van der Waals surface area contributed by atoms with E-state index in [0.717, 1.165) is 25.6 Å². The Morgan fingerprint density at radius 2 is 2.00 bits per heavy atom. The number of nitrogens with zero attached hydrogens (tertiary/aromatic N) is 3. The van der Waals surface area contributed by atoms with Gasteiger partial charge in [-0.25, -0.2) is 4.99 Å². The number of nitrogens with one attached hydrogen (secondary N) is 2. The zero-order valence-electron chi connectivity index (χ0n) is 14.2. The van der Waals surface area contributed by atoms with E-state index in [1.54, 1.807) is 13.3 Å². The Hall–Kier alpha value is -1.61. The number of aliphatic imine (C=N–C) groups is 1. The van der Waals surface area contributed by atoms with E-state index < -0.39 is 0 Å². The van der Waals surface area contributed by atoms with E-state index in [4.69, 9.17) is 4.74 Å². The molecule has 7 heteroatoms. The minimum absolute atomic E-state index is 0. The molecule has 0 bridgehead atoms. The Balaban J connectivity index is 0.00000288. The van der Waals surface area contributed by atoms with E-state index in [0.29, 0.717) is 13.2 Å². The van der Waals surface area contributed by atoms with Crippen molar-refractivity contribution in [2.75, 3.05) is 26.8 Å². The van der Waals surface area contributed by atoms with Crippen LogP contribution in [0, 0.1) is 0 Å². The van der Waals surface area contributed by atoms with Crippen LogP contribution in [0.25, 0.3) is 0 Å². The fraction of sp³-hybridized carbons (Fsp3) is 0.412.